The number of carbonyl (C=O) groups is 1. The van der Waals surface area contributed by atoms with Gasteiger partial charge in [-0.2, -0.15) is 13.2 Å². The fourth-order valence-electron chi connectivity index (χ4n) is 2.41. The number of piperidine rings is 1. The molecule has 0 spiro atoms. The van der Waals surface area contributed by atoms with Crippen molar-refractivity contribution in [2.24, 2.45) is 5.92 Å². The van der Waals surface area contributed by atoms with Crippen LogP contribution in [0.1, 0.15) is 23.2 Å². The lowest BCUT2D eigenvalue weighted by atomic mass is 9.97. The second-order valence-electron chi connectivity index (χ2n) is 5.02. The molecule has 0 aliphatic carbocycles. The molecule has 0 radical (unpaired) electrons. The Labute approximate surface area is 114 Å². The molecule has 1 fully saturated rings. The largest absolute Gasteiger partial charge is 0.399 e. The van der Waals surface area contributed by atoms with Crippen molar-refractivity contribution < 1.29 is 18.0 Å². The Morgan fingerprint density at radius 1 is 1.20 bits per heavy atom. The highest BCUT2D eigenvalue weighted by Crippen LogP contribution is 2.33. The average Bonchev–Trinajstić information content (AvgIpc) is 2.36. The number of likely N-dealkylation sites (tertiary alicyclic amines) is 1. The normalized spacial score (nSPS) is 19.9. The Morgan fingerprint density at radius 3 is 2.35 bits per heavy atom. The van der Waals surface area contributed by atoms with Gasteiger partial charge >= 0.3 is 6.18 Å². The van der Waals surface area contributed by atoms with E-state index in [4.69, 9.17) is 11.5 Å². The summed E-state index contributed by atoms with van der Waals surface area (Å²) in [6.07, 6.45) is -3.87. The first-order chi connectivity index (χ1) is 9.27. The molecule has 20 heavy (non-hydrogen) atoms. The van der Waals surface area contributed by atoms with Gasteiger partial charge in [0, 0.05) is 30.0 Å². The summed E-state index contributed by atoms with van der Waals surface area (Å²) in [4.78, 5) is 13.4. The highest BCUT2D eigenvalue weighted by molar-refractivity contribution is 5.96. The number of carbonyl (C=O) groups excluding carboxylic acids is 1. The predicted molar refractivity (Wildman–Crippen MR) is 69.9 cm³/mol. The molecule has 1 saturated heterocycles. The van der Waals surface area contributed by atoms with E-state index in [1.54, 1.807) is 0 Å². The summed E-state index contributed by atoms with van der Waals surface area (Å²) in [5, 5.41) is 0. The van der Waals surface area contributed by atoms with Crippen molar-refractivity contribution in [3.05, 3.63) is 23.8 Å². The van der Waals surface area contributed by atoms with Crippen molar-refractivity contribution in [1.29, 1.82) is 0 Å². The molecule has 2 rings (SSSR count). The van der Waals surface area contributed by atoms with E-state index < -0.39 is 18.0 Å². The summed E-state index contributed by atoms with van der Waals surface area (Å²) >= 11 is 0. The van der Waals surface area contributed by atoms with Gasteiger partial charge in [0.15, 0.2) is 0 Å². The molecule has 110 valence electrons. The van der Waals surface area contributed by atoms with Gasteiger partial charge in [-0.3, -0.25) is 4.79 Å². The van der Waals surface area contributed by atoms with Crippen LogP contribution in [0.15, 0.2) is 18.2 Å². The van der Waals surface area contributed by atoms with Gasteiger partial charge < -0.3 is 16.4 Å². The number of anilines is 2. The van der Waals surface area contributed by atoms with Crippen LogP contribution in [0.4, 0.5) is 24.5 Å². The molecular weight excluding hydrogens is 271 g/mol. The van der Waals surface area contributed by atoms with Gasteiger partial charge in [-0.1, -0.05) is 0 Å². The molecule has 0 bridgehead atoms. The van der Waals surface area contributed by atoms with Gasteiger partial charge in [-0.25, -0.2) is 0 Å². The summed E-state index contributed by atoms with van der Waals surface area (Å²) in [5.74, 6) is -1.92. The predicted octanol–water partition coefficient (Wildman–Crippen LogP) is 2.27. The minimum atomic E-state index is -4.27. The fourth-order valence-corrected chi connectivity index (χ4v) is 2.41. The van der Waals surface area contributed by atoms with Crippen LogP contribution < -0.4 is 11.5 Å². The maximum Gasteiger partial charge on any atom is 0.393 e. The van der Waals surface area contributed by atoms with Gasteiger partial charge in [-0.05, 0) is 31.0 Å². The second kappa shape index (κ2) is 5.22. The Morgan fingerprint density at radius 2 is 1.80 bits per heavy atom. The molecule has 1 aliphatic rings. The van der Waals surface area contributed by atoms with Crippen molar-refractivity contribution in [2.75, 3.05) is 24.6 Å². The number of amides is 1. The van der Waals surface area contributed by atoms with Crippen LogP contribution in [0.5, 0.6) is 0 Å². The molecular formula is C13H16F3N3O. The van der Waals surface area contributed by atoms with Crippen molar-refractivity contribution in [2.45, 2.75) is 19.0 Å². The number of nitrogens with zero attached hydrogens (tertiary/aromatic N) is 1. The first kappa shape index (κ1) is 14.5. The van der Waals surface area contributed by atoms with E-state index >= 15 is 0 Å². The number of hydrogen-bond acceptors (Lipinski definition) is 3. The average molecular weight is 287 g/mol. The summed E-state index contributed by atoms with van der Waals surface area (Å²) in [7, 11) is 0. The van der Waals surface area contributed by atoms with E-state index in [1.807, 2.05) is 0 Å². The third-order valence-corrected chi connectivity index (χ3v) is 3.40. The Bertz CT molecular complexity index is 496. The number of nitrogens with two attached hydrogens (primary N) is 2. The number of nitrogen functional groups attached to an aromatic ring is 2. The van der Waals surface area contributed by atoms with Crippen LogP contribution in [-0.2, 0) is 0 Å². The fraction of sp³-hybridized carbons (Fsp3) is 0.462. The van der Waals surface area contributed by atoms with Crippen LogP contribution in [0.3, 0.4) is 0 Å². The molecule has 1 atom stereocenters. The summed E-state index contributed by atoms with van der Waals surface area (Å²) in [5.41, 5.74) is 12.0. The molecule has 1 heterocycles. The number of halogens is 3. The van der Waals surface area contributed by atoms with Gasteiger partial charge in [-0.15, -0.1) is 0 Å². The zero-order valence-electron chi connectivity index (χ0n) is 10.8. The molecule has 1 aliphatic heterocycles. The molecule has 0 saturated carbocycles. The standard InChI is InChI=1S/C13H16F3N3O/c14-13(15,16)9-2-1-3-19(7-9)12(20)8-4-10(17)6-11(18)5-8/h4-6,9H,1-3,7,17-18H2. The Hall–Kier alpha value is -1.92. The van der Waals surface area contributed by atoms with E-state index in [-0.39, 0.29) is 18.5 Å². The minimum absolute atomic E-state index is 0.0619. The smallest absolute Gasteiger partial charge is 0.393 e. The molecule has 7 heteroatoms. The highest BCUT2D eigenvalue weighted by atomic mass is 19.4. The molecule has 4 nitrogen and oxygen atoms in total. The number of rotatable bonds is 1. The van der Waals surface area contributed by atoms with Crippen molar-refractivity contribution in [1.82, 2.24) is 4.90 Å². The van der Waals surface area contributed by atoms with E-state index in [0.717, 1.165) is 0 Å². The first-order valence-corrected chi connectivity index (χ1v) is 6.29. The van der Waals surface area contributed by atoms with Gasteiger partial charge in [0.1, 0.15) is 0 Å². The highest BCUT2D eigenvalue weighted by Gasteiger charge is 2.42. The van der Waals surface area contributed by atoms with E-state index in [0.29, 0.717) is 24.3 Å². The lowest BCUT2D eigenvalue weighted by Gasteiger charge is -2.33. The Kier molecular flexibility index (Phi) is 3.78. The topological polar surface area (TPSA) is 72.3 Å². The monoisotopic (exact) mass is 287 g/mol. The molecule has 1 aromatic carbocycles. The lowest BCUT2D eigenvalue weighted by molar-refractivity contribution is -0.184. The maximum absolute atomic E-state index is 12.7. The third kappa shape index (κ3) is 3.15. The number of benzene rings is 1. The molecule has 0 aromatic heterocycles. The SMILES string of the molecule is Nc1cc(N)cc(C(=O)N2CCCC(C(F)(F)F)C2)c1. The zero-order valence-corrected chi connectivity index (χ0v) is 10.8. The molecule has 1 unspecified atom stereocenters. The minimum Gasteiger partial charge on any atom is -0.399 e. The summed E-state index contributed by atoms with van der Waals surface area (Å²) in [6.45, 7) is 0.0111. The van der Waals surface area contributed by atoms with Crippen LogP contribution in [0, 0.1) is 5.92 Å². The molecule has 1 aromatic rings. The van der Waals surface area contributed by atoms with Crippen molar-refractivity contribution >= 4 is 17.3 Å². The first-order valence-electron chi connectivity index (χ1n) is 6.29. The number of alkyl halides is 3. The van der Waals surface area contributed by atoms with Crippen molar-refractivity contribution in [3.8, 4) is 0 Å². The van der Waals surface area contributed by atoms with Crippen LogP contribution in [0.25, 0.3) is 0 Å². The van der Waals surface area contributed by atoms with E-state index in [2.05, 4.69) is 0 Å². The van der Waals surface area contributed by atoms with Crippen molar-refractivity contribution in [3.63, 3.8) is 0 Å². The molecule has 4 N–H and O–H groups in total. The summed E-state index contributed by atoms with van der Waals surface area (Å²) < 4.78 is 38.2. The van der Waals surface area contributed by atoms with Crippen LogP contribution in [-0.4, -0.2) is 30.1 Å². The maximum atomic E-state index is 12.7. The lowest BCUT2D eigenvalue weighted by Crippen LogP contribution is -2.44. The van der Waals surface area contributed by atoms with Crippen LogP contribution in [0.2, 0.25) is 0 Å². The third-order valence-electron chi connectivity index (χ3n) is 3.40. The van der Waals surface area contributed by atoms with Crippen LogP contribution >= 0.6 is 0 Å². The molecule has 1 amide bonds. The van der Waals surface area contributed by atoms with E-state index in [9.17, 15) is 18.0 Å². The Balaban J connectivity index is 2.16. The van der Waals surface area contributed by atoms with Gasteiger partial charge in [0.05, 0.1) is 5.92 Å². The zero-order chi connectivity index (χ0) is 14.9. The number of hydrogen-bond donors (Lipinski definition) is 2. The summed E-state index contributed by atoms with van der Waals surface area (Å²) in [6, 6.07) is 4.34. The van der Waals surface area contributed by atoms with Gasteiger partial charge in [0.2, 0.25) is 0 Å². The van der Waals surface area contributed by atoms with Gasteiger partial charge in [0.25, 0.3) is 5.91 Å². The quantitative estimate of drug-likeness (QED) is 0.778. The van der Waals surface area contributed by atoms with E-state index in [1.165, 1.54) is 23.1 Å². The second-order valence-corrected chi connectivity index (χ2v) is 5.02.